The molecule has 2 heterocycles. The highest BCUT2D eigenvalue weighted by Crippen LogP contribution is 2.23. The fourth-order valence-electron chi connectivity index (χ4n) is 2.98. The van der Waals surface area contributed by atoms with Gasteiger partial charge in [0.1, 0.15) is 0 Å². The van der Waals surface area contributed by atoms with E-state index in [1.54, 1.807) is 19.2 Å². The molecule has 0 atom stereocenters. The molecule has 160 valence electrons. The first-order valence-corrected chi connectivity index (χ1v) is 11.4. The normalized spacial score (nSPS) is 12.9. The standard InChI is InChI=1S/C21H28N6O2S/c1-21(2,3)16-8-10-17(11-9-16)30(28,29)14-12-23-20(22-4)24-15-19-26-25-18-7-5-6-13-27(18)19/h5-11,13H,12,14-15H2,1-4H3,(H2,22,23,24). The third-order valence-electron chi connectivity index (χ3n) is 4.76. The Labute approximate surface area is 177 Å². The molecule has 0 amide bonds. The average Bonchev–Trinajstić information content (AvgIpc) is 3.13. The summed E-state index contributed by atoms with van der Waals surface area (Å²) in [7, 11) is -1.75. The van der Waals surface area contributed by atoms with Crippen molar-refractivity contribution in [3.8, 4) is 0 Å². The number of hydrogen-bond acceptors (Lipinski definition) is 5. The largest absolute Gasteiger partial charge is 0.355 e. The Morgan fingerprint density at radius 1 is 1.07 bits per heavy atom. The molecule has 30 heavy (non-hydrogen) atoms. The fourth-order valence-corrected chi connectivity index (χ4v) is 4.14. The van der Waals surface area contributed by atoms with Gasteiger partial charge in [0.15, 0.2) is 27.3 Å². The smallest absolute Gasteiger partial charge is 0.191 e. The first-order valence-electron chi connectivity index (χ1n) is 9.77. The van der Waals surface area contributed by atoms with Crippen LogP contribution in [0.25, 0.3) is 5.65 Å². The van der Waals surface area contributed by atoms with E-state index in [0.29, 0.717) is 17.4 Å². The van der Waals surface area contributed by atoms with Gasteiger partial charge < -0.3 is 10.6 Å². The number of nitrogens with one attached hydrogen (secondary N) is 2. The molecule has 0 unspecified atom stereocenters. The minimum atomic E-state index is -3.39. The minimum Gasteiger partial charge on any atom is -0.355 e. The van der Waals surface area contributed by atoms with Crippen molar-refractivity contribution in [2.24, 2.45) is 4.99 Å². The van der Waals surface area contributed by atoms with Gasteiger partial charge in [-0.1, -0.05) is 39.0 Å². The van der Waals surface area contributed by atoms with Gasteiger partial charge in [-0.05, 0) is 35.2 Å². The summed E-state index contributed by atoms with van der Waals surface area (Å²) in [6.45, 7) is 6.94. The van der Waals surface area contributed by atoms with Crippen LogP contribution in [-0.4, -0.2) is 48.3 Å². The summed E-state index contributed by atoms with van der Waals surface area (Å²) in [5.74, 6) is 1.21. The van der Waals surface area contributed by atoms with Crippen LogP contribution in [0.5, 0.6) is 0 Å². The number of hydrogen-bond donors (Lipinski definition) is 2. The number of fused-ring (bicyclic) bond motifs is 1. The predicted octanol–water partition coefficient (Wildman–Crippen LogP) is 2.17. The molecule has 0 saturated heterocycles. The van der Waals surface area contributed by atoms with Crippen LogP contribution in [0.3, 0.4) is 0 Å². The zero-order valence-electron chi connectivity index (χ0n) is 17.8. The maximum Gasteiger partial charge on any atom is 0.191 e. The van der Waals surface area contributed by atoms with E-state index in [2.05, 4.69) is 46.6 Å². The third kappa shape index (κ3) is 5.15. The molecule has 0 radical (unpaired) electrons. The summed E-state index contributed by atoms with van der Waals surface area (Å²) in [6.07, 6.45) is 1.89. The number of benzene rings is 1. The number of guanidine groups is 1. The van der Waals surface area contributed by atoms with Gasteiger partial charge in [-0.3, -0.25) is 9.39 Å². The Balaban J connectivity index is 1.55. The molecule has 0 fully saturated rings. The minimum absolute atomic E-state index is 0.0162. The van der Waals surface area contributed by atoms with E-state index in [-0.39, 0.29) is 17.7 Å². The lowest BCUT2D eigenvalue weighted by Crippen LogP contribution is -2.39. The lowest BCUT2D eigenvalue weighted by Gasteiger charge is -2.19. The molecule has 0 aliphatic heterocycles. The molecule has 2 N–H and O–H groups in total. The molecule has 9 heteroatoms. The number of sulfone groups is 1. The van der Waals surface area contributed by atoms with E-state index in [1.807, 2.05) is 40.9 Å². The first-order chi connectivity index (χ1) is 14.2. The van der Waals surface area contributed by atoms with Gasteiger partial charge in [-0.25, -0.2) is 8.42 Å². The lowest BCUT2D eigenvalue weighted by atomic mass is 9.87. The quantitative estimate of drug-likeness (QED) is 0.461. The predicted molar refractivity (Wildman–Crippen MR) is 118 cm³/mol. The Morgan fingerprint density at radius 2 is 1.80 bits per heavy atom. The second-order valence-electron chi connectivity index (χ2n) is 7.99. The maximum absolute atomic E-state index is 12.6. The molecule has 2 aromatic heterocycles. The zero-order chi connectivity index (χ0) is 21.8. The molecular formula is C21H28N6O2S. The Bertz CT molecular complexity index is 1130. The van der Waals surface area contributed by atoms with Crippen LogP contribution < -0.4 is 10.6 Å². The first kappa shape index (κ1) is 21.8. The van der Waals surface area contributed by atoms with Gasteiger partial charge in [0, 0.05) is 19.8 Å². The van der Waals surface area contributed by atoms with Crippen molar-refractivity contribution in [1.29, 1.82) is 0 Å². The average molecular weight is 429 g/mol. The molecule has 0 bridgehead atoms. The monoisotopic (exact) mass is 428 g/mol. The van der Waals surface area contributed by atoms with Crippen molar-refractivity contribution in [2.45, 2.75) is 37.6 Å². The summed E-state index contributed by atoms with van der Waals surface area (Å²) in [4.78, 5) is 4.47. The second kappa shape index (κ2) is 8.83. The van der Waals surface area contributed by atoms with Crippen molar-refractivity contribution < 1.29 is 8.42 Å². The summed E-state index contributed by atoms with van der Waals surface area (Å²) >= 11 is 0. The lowest BCUT2D eigenvalue weighted by molar-refractivity contribution is 0.586. The Hall–Kier alpha value is -2.94. The van der Waals surface area contributed by atoms with E-state index in [0.717, 1.165) is 17.0 Å². The van der Waals surface area contributed by atoms with Crippen molar-refractivity contribution in [2.75, 3.05) is 19.3 Å². The third-order valence-corrected chi connectivity index (χ3v) is 6.50. The molecule has 1 aromatic carbocycles. The van der Waals surface area contributed by atoms with Gasteiger partial charge >= 0.3 is 0 Å². The number of nitrogens with zero attached hydrogens (tertiary/aromatic N) is 4. The van der Waals surface area contributed by atoms with Crippen LogP contribution in [0.15, 0.2) is 58.5 Å². The van der Waals surface area contributed by atoms with Crippen LogP contribution in [0, 0.1) is 0 Å². The highest BCUT2D eigenvalue weighted by molar-refractivity contribution is 7.91. The second-order valence-corrected chi connectivity index (χ2v) is 10.1. The number of aromatic nitrogens is 3. The molecule has 3 rings (SSSR count). The van der Waals surface area contributed by atoms with Crippen LogP contribution in [-0.2, 0) is 21.8 Å². The summed E-state index contributed by atoms with van der Waals surface area (Å²) in [6, 6.07) is 12.8. The summed E-state index contributed by atoms with van der Waals surface area (Å²) in [5.41, 5.74) is 1.85. The van der Waals surface area contributed by atoms with Gasteiger partial charge in [-0.2, -0.15) is 0 Å². The van der Waals surface area contributed by atoms with Crippen LogP contribution in [0.1, 0.15) is 32.2 Å². The fraction of sp³-hybridized carbons (Fsp3) is 0.381. The van der Waals surface area contributed by atoms with Gasteiger partial charge in [0.2, 0.25) is 0 Å². The van der Waals surface area contributed by atoms with Gasteiger partial charge in [-0.15, -0.1) is 10.2 Å². The molecule has 0 spiro atoms. The zero-order valence-corrected chi connectivity index (χ0v) is 18.6. The number of rotatable bonds is 6. The van der Waals surface area contributed by atoms with E-state index < -0.39 is 9.84 Å². The maximum atomic E-state index is 12.6. The topological polar surface area (TPSA) is 101 Å². The highest BCUT2D eigenvalue weighted by atomic mass is 32.2. The number of pyridine rings is 1. The van der Waals surface area contributed by atoms with Crippen molar-refractivity contribution >= 4 is 21.4 Å². The van der Waals surface area contributed by atoms with Crippen LogP contribution >= 0.6 is 0 Å². The Kier molecular flexibility index (Phi) is 6.40. The van der Waals surface area contributed by atoms with Crippen molar-refractivity contribution in [1.82, 2.24) is 25.2 Å². The molecule has 3 aromatic rings. The molecule has 0 saturated carbocycles. The van der Waals surface area contributed by atoms with Crippen molar-refractivity contribution in [3.05, 3.63) is 60.0 Å². The number of aliphatic imine (C=N–C) groups is 1. The molecular weight excluding hydrogens is 400 g/mol. The Morgan fingerprint density at radius 3 is 2.47 bits per heavy atom. The molecule has 0 aliphatic rings. The molecule has 0 aliphatic carbocycles. The van der Waals surface area contributed by atoms with E-state index in [9.17, 15) is 8.42 Å². The summed E-state index contributed by atoms with van der Waals surface area (Å²) in [5, 5.41) is 14.4. The highest BCUT2D eigenvalue weighted by Gasteiger charge is 2.18. The summed E-state index contributed by atoms with van der Waals surface area (Å²) < 4.78 is 27.1. The van der Waals surface area contributed by atoms with E-state index >= 15 is 0 Å². The van der Waals surface area contributed by atoms with Crippen LogP contribution in [0.4, 0.5) is 0 Å². The van der Waals surface area contributed by atoms with E-state index in [1.165, 1.54) is 0 Å². The van der Waals surface area contributed by atoms with E-state index in [4.69, 9.17) is 0 Å². The van der Waals surface area contributed by atoms with Gasteiger partial charge in [0.05, 0.1) is 17.2 Å². The molecule has 8 nitrogen and oxygen atoms in total. The van der Waals surface area contributed by atoms with Crippen molar-refractivity contribution in [3.63, 3.8) is 0 Å². The van der Waals surface area contributed by atoms with Crippen LogP contribution in [0.2, 0.25) is 0 Å². The SMILES string of the molecule is CN=C(NCCS(=O)(=O)c1ccc(C(C)(C)C)cc1)NCc1nnc2ccccn12. The van der Waals surface area contributed by atoms with Gasteiger partial charge in [0.25, 0.3) is 0 Å².